The first kappa shape index (κ1) is 7.33. The predicted octanol–water partition coefficient (Wildman–Crippen LogP) is 0.432. The molecule has 0 unspecified atom stereocenters. The van der Waals surface area contributed by atoms with Gasteiger partial charge in [-0.1, -0.05) is 0 Å². The minimum Gasteiger partial charge on any atom is -0.449 e. The lowest BCUT2D eigenvalue weighted by atomic mass is 10.5. The van der Waals surface area contributed by atoms with Crippen molar-refractivity contribution in [1.29, 1.82) is 0 Å². The molecule has 5 nitrogen and oxygen atoms in total. The maximum atomic E-state index is 10.4. The van der Waals surface area contributed by atoms with Crippen LogP contribution in [0.15, 0.2) is 23.1 Å². The number of aromatic amines is 1. The monoisotopic (exact) mass is 155 g/mol. The van der Waals surface area contributed by atoms with Gasteiger partial charge in [-0.2, -0.15) is 0 Å². The van der Waals surface area contributed by atoms with Gasteiger partial charge in [0, 0.05) is 12.3 Å². The van der Waals surface area contributed by atoms with Crippen LogP contribution >= 0.6 is 0 Å². The summed E-state index contributed by atoms with van der Waals surface area (Å²) in [6.45, 7) is 0. The molecule has 1 heterocycles. The highest BCUT2D eigenvalue weighted by Gasteiger charge is 1.98. The topological polar surface area (TPSA) is 79.4 Å². The van der Waals surface area contributed by atoms with E-state index in [-0.39, 0.29) is 11.3 Å². The molecule has 1 aromatic heterocycles. The number of nitrogens with one attached hydrogen (secondary N) is 1. The fourth-order valence-electron chi connectivity index (χ4n) is 0.561. The largest absolute Gasteiger partial charge is 0.511 e. The standard InChI is InChI=1S/C6H5NO4/c8-5-2-1-4(3-7-5)11-6(9)10/h1-3H,(H,7,8)(H,9,10). The molecule has 0 fully saturated rings. The molecule has 0 bridgehead atoms. The molecular weight excluding hydrogens is 150 g/mol. The van der Waals surface area contributed by atoms with Crippen molar-refractivity contribution in [3.8, 4) is 5.75 Å². The van der Waals surface area contributed by atoms with Crippen LogP contribution in [0.5, 0.6) is 5.75 Å². The Labute approximate surface area is 61.2 Å². The summed E-state index contributed by atoms with van der Waals surface area (Å²) >= 11 is 0. The molecule has 11 heavy (non-hydrogen) atoms. The van der Waals surface area contributed by atoms with Gasteiger partial charge in [-0.05, 0) is 6.07 Å². The van der Waals surface area contributed by atoms with Crippen LogP contribution in [0, 0.1) is 0 Å². The smallest absolute Gasteiger partial charge is 0.449 e. The lowest BCUT2D eigenvalue weighted by Crippen LogP contribution is -2.06. The zero-order chi connectivity index (χ0) is 8.27. The van der Waals surface area contributed by atoms with Gasteiger partial charge >= 0.3 is 6.16 Å². The summed E-state index contributed by atoms with van der Waals surface area (Å²) in [7, 11) is 0. The van der Waals surface area contributed by atoms with Crippen LogP contribution in [0.4, 0.5) is 4.79 Å². The lowest BCUT2D eigenvalue weighted by molar-refractivity contribution is 0.144. The number of rotatable bonds is 1. The highest BCUT2D eigenvalue weighted by molar-refractivity contribution is 5.60. The quantitative estimate of drug-likeness (QED) is 0.576. The van der Waals surface area contributed by atoms with Crippen LogP contribution in [-0.2, 0) is 0 Å². The molecule has 58 valence electrons. The van der Waals surface area contributed by atoms with E-state index in [2.05, 4.69) is 9.72 Å². The summed E-state index contributed by atoms with van der Waals surface area (Å²) in [5, 5.41) is 8.12. The average Bonchev–Trinajstić information content (AvgIpc) is 1.93. The molecule has 0 aliphatic heterocycles. The maximum Gasteiger partial charge on any atom is 0.511 e. The van der Waals surface area contributed by atoms with Crippen molar-refractivity contribution in [2.75, 3.05) is 0 Å². The Balaban J connectivity index is 2.82. The van der Waals surface area contributed by atoms with Gasteiger partial charge in [0.15, 0.2) is 5.75 Å². The van der Waals surface area contributed by atoms with Crippen LogP contribution < -0.4 is 10.3 Å². The van der Waals surface area contributed by atoms with Gasteiger partial charge in [-0.3, -0.25) is 4.79 Å². The van der Waals surface area contributed by atoms with Gasteiger partial charge in [-0.25, -0.2) is 4.79 Å². The maximum absolute atomic E-state index is 10.4. The number of pyridine rings is 1. The Morgan fingerprint density at radius 2 is 2.27 bits per heavy atom. The first-order chi connectivity index (χ1) is 5.18. The Hall–Kier alpha value is -1.78. The molecule has 0 spiro atoms. The van der Waals surface area contributed by atoms with Crippen molar-refractivity contribution in [2.45, 2.75) is 0 Å². The van der Waals surface area contributed by atoms with E-state index in [0.29, 0.717) is 0 Å². The summed E-state index contributed by atoms with van der Waals surface area (Å²) in [6, 6.07) is 2.45. The number of hydrogen-bond acceptors (Lipinski definition) is 3. The van der Waals surface area contributed by atoms with Gasteiger partial charge in [-0.15, -0.1) is 0 Å². The van der Waals surface area contributed by atoms with E-state index in [1.165, 1.54) is 18.3 Å². The van der Waals surface area contributed by atoms with Crippen LogP contribution in [0.2, 0.25) is 0 Å². The Bertz CT molecular complexity index is 296. The van der Waals surface area contributed by atoms with Gasteiger partial charge in [0.05, 0.1) is 0 Å². The zero-order valence-electron chi connectivity index (χ0n) is 5.40. The molecule has 5 heteroatoms. The normalized spacial score (nSPS) is 9.09. The molecule has 0 atom stereocenters. The first-order valence-corrected chi connectivity index (χ1v) is 2.78. The van der Waals surface area contributed by atoms with E-state index in [0.717, 1.165) is 0 Å². The molecule has 0 amide bonds. The summed E-state index contributed by atoms with van der Waals surface area (Å²) in [6.07, 6.45) is -0.228. The van der Waals surface area contributed by atoms with Crippen LogP contribution in [0.1, 0.15) is 0 Å². The van der Waals surface area contributed by atoms with Gasteiger partial charge < -0.3 is 14.8 Å². The van der Waals surface area contributed by atoms with Gasteiger partial charge in [0.25, 0.3) is 0 Å². The minimum absolute atomic E-state index is 0.0945. The fourth-order valence-corrected chi connectivity index (χ4v) is 0.561. The van der Waals surface area contributed by atoms with Crippen molar-refractivity contribution >= 4 is 6.16 Å². The van der Waals surface area contributed by atoms with Crippen LogP contribution in [0.25, 0.3) is 0 Å². The molecule has 0 saturated heterocycles. The number of ether oxygens (including phenoxy) is 1. The second kappa shape index (κ2) is 2.87. The van der Waals surface area contributed by atoms with Crippen LogP contribution in [-0.4, -0.2) is 16.2 Å². The van der Waals surface area contributed by atoms with Crippen molar-refractivity contribution in [3.63, 3.8) is 0 Å². The third kappa shape index (κ3) is 2.13. The molecule has 0 radical (unpaired) electrons. The molecule has 1 aromatic rings. The first-order valence-electron chi connectivity index (χ1n) is 2.78. The fraction of sp³-hybridized carbons (Fsp3) is 0. The summed E-state index contributed by atoms with van der Waals surface area (Å²) in [5.74, 6) is 0.0945. The molecule has 1 rings (SSSR count). The summed E-state index contributed by atoms with van der Waals surface area (Å²) in [5.41, 5.74) is -0.303. The highest BCUT2D eigenvalue weighted by Crippen LogP contribution is 2.03. The van der Waals surface area contributed by atoms with E-state index in [4.69, 9.17) is 5.11 Å². The number of hydrogen-bond donors (Lipinski definition) is 2. The van der Waals surface area contributed by atoms with Crippen molar-refractivity contribution in [1.82, 2.24) is 4.98 Å². The van der Waals surface area contributed by atoms with E-state index in [1.807, 2.05) is 0 Å². The zero-order valence-corrected chi connectivity index (χ0v) is 5.40. The molecule has 0 aliphatic rings. The number of carboxylic acid groups (broad SMARTS) is 1. The number of aromatic nitrogens is 1. The molecule has 2 N–H and O–H groups in total. The summed E-state index contributed by atoms with van der Waals surface area (Å²) < 4.78 is 4.22. The summed E-state index contributed by atoms with van der Waals surface area (Å²) in [4.78, 5) is 22.6. The Morgan fingerprint density at radius 1 is 1.55 bits per heavy atom. The lowest BCUT2D eigenvalue weighted by Gasteiger charge is -1.95. The van der Waals surface area contributed by atoms with Crippen LogP contribution in [0.3, 0.4) is 0 Å². The van der Waals surface area contributed by atoms with E-state index in [1.54, 1.807) is 0 Å². The van der Waals surface area contributed by atoms with E-state index < -0.39 is 6.16 Å². The Morgan fingerprint density at radius 3 is 2.73 bits per heavy atom. The Kier molecular flexibility index (Phi) is 1.91. The molecule has 0 saturated carbocycles. The second-order valence-corrected chi connectivity index (χ2v) is 1.76. The molecule has 0 aromatic carbocycles. The third-order valence-corrected chi connectivity index (χ3v) is 0.961. The van der Waals surface area contributed by atoms with Crippen molar-refractivity contribution in [2.24, 2.45) is 0 Å². The van der Waals surface area contributed by atoms with Gasteiger partial charge in [0.2, 0.25) is 5.56 Å². The predicted molar refractivity (Wildman–Crippen MR) is 35.7 cm³/mol. The van der Waals surface area contributed by atoms with Crippen molar-refractivity contribution < 1.29 is 14.6 Å². The van der Waals surface area contributed by atoms with E-state index in [9.17, 15) is 9.59 Å². The third-order valence-electron chi connectivity index (χ3n) is 0.961. The number of H-pyrrole nitrogens is 1. The number of carbonyl (C=O) groups is 1. The van der Waals surface area contributed by atoms with Crippen molar-refractivity contribution in [3.05, 3.63) is 28.7 Å². The van der Waals surface area contributed by atoms with Gasteiger partial charge in [0.1, 0.15) is 0 Å². The average molecular weight is 155 g/mol. The van der Waals surface area contributed by atoms with E-state index >= 15 is 0 Å². The highest BCUT2D eigenvalue weighted by atomic mass is 16.7. The second-order valence-electron chi connectivity index (χ2n) is 1.76. The molecular formula is C6H5NO4. The molecule has 0 aliphatic carbocycles. The SMILES string of the molecule is O=C(O)Oc1ccc(=O)[nH]c1. The minimum atomic E-state index is -1.41.